The monoisotopic (exact) mass is 359 g/mol. The quantitative estimate of drug-likeness (QED) is 0.754. The fourth-order valence-corrected chi connectivity index (χ4v) is 3.44. The summed E-state index contributed by atoms with van der Waals surface area (Å²) in [4.78, 5) is 50.3. The Morgan fingerprint density at radius 2 is 1.92 bits per heavy atom. The number of rotatable bonds is 4. The van der Waals surface area contributed by atoms with E-state index in [9.17, 15) is 19.2 Å². The van der Waals surface area contributed by atoms with Gasteiger partial charge in [-0.05, 0) is 50.8 Å². The molecule has 1 heterocycles. The van der Waals surface area contributed by atoms with Crippen molar-refractivity contribution in [3.8, 4) is 0 Å². The SMILES string of the molecule is CCn1c(=O)[nH]c2cc(C(=O)NC3CCC(C(=O)O)CC3)ccc2c1=O. The summed E-state index contributed by atoms with van der Waals surface area (Å²) >= 11 is 0. The fourth-order valence-electron chi connectivity index (χ4n) is 3.44. The highest BCUT2D eigenvalue weighted by atomic mass is 16.4. The number of aliphatic carboxylic acids is 1. The second kappa shape index (κ2) is 7.15. The number of fused-ring (bicyclic) bond motifs is 1. The Balaban J connectivity index is 1.78. The van der Waals surface area contributed by atoms with Gasteiger partial charge in [-0.1, -0.05) is 0 Å². The zero-order valence-electron chi connectivity index (χ0n) is 14.4. The Bertz CT molecular complexity index is 967. The minimum absolute atomic E-state index is 0.0686. The van der Waals surface area contributed by atoms with E-state index in [1.807, 2.05) is 0 Å². The van der Waals surface area contributed by atoms with Crippen molar-refractivity contribution in [3.05, 3.63) is 44.6 Å². The molecule has 1 fully saturated rings. The molecule has 1 aromatic heterocycles. The summed E-state index contributed by atoms with van der Waals surface area (Å²) in [6, 6.07) is 4.52. The molecular weight excluding hydrogens is 338 g/mol. The van der Waals surface area contributed by atoms with Crippen LogP contribution < -0.4 is 16.6 Å². The molecule has 26 heavy (non-hydrogen) atoms. The number of benzene rings is 1. The topological polar surface area (TPSA) is 121 Å². The predicted octanol–water partition coefficient (Wildman–Crippen LogP) is 1.08. The van der Waals surface area contributed by atoms with Crippen molar-refractivity contribution < 1.29 is 14.7 Å². The summed E-state index contributed by atoms with van der Waals surface area (Å²) in [5.74, 6) is -1.42. The molecular formula is C18H21N3O5. The average molecular weight is 359 g/mol. The lowest BCUT2D eigenvalue weighted by Crippen LogP contribution is -2.39. The maximum absolute atomic E-state index is 12.5. The second-order valence-corrected chi connectivity index (χ2v) is 6.60. The Labute approximate surface area is 148 Å². The van der Waals surface area contributed by atoms with E-state index in [0.717, 1.165) is 4.57 Å². The molecule has 0 aliphatic heterocycles. The van der Waals surface area contributed by atoms with E-state index < -0.39 is 11.7 Å². The van der Waals surface area contributed by atoms with Gasteiger partial charge in [0.1, 0.15) is 0 Å². The maximum Gasteiger partial charge on any atom is 0.328 e. The van der Waals surface area contributed by atoms with Crippen molar-refractivity contribution in [1.29, 1.82) is 0 Å². The summed E-state index contributed by atoms with van der Waals surface area (Å²) in [6.45, 7) is 1.98. The molecule has 0 saturated heterocycles. The molecule has 8 nitrogen and oxygen atoms in total. The van der Waals surface area contributed by atoms with Crippen LogP contribution in [0, 0.1) is 5.92 Å². The van der Waals surface area contributed by atoms with Gasteiger partial charge >= 0.3 is 11.7 Å². The second-order valence-electron chi connectivity index (χ2n) is 6.60. The lowest BCUT2D eigenvalue weighted by atomic mass is 9.86. The number of carbonyl (C=O) groups is 2. The summed E-state index contributed by atoms with van der Waals surface area (Å²) in [6.07, 6.45) is 2.33. The Hall–Kier alpha value is -2.90. The Kier molecular flexibility index (Phi) is 4.92. The largest absolute Gasteiger partial charge is 0.481 e. The first-order chi connectivity index (χ1) is 12.4. The van der Waals surface area contributed by atoms with Gasteiger partial charge in [-0.25, -0.2) is 4.79 Å². The third-order valence-corrected chi connectivity index (χ3v) is 4.97. The highest BCUT2D eigenvalue weighted by Gasteiger charge is 2.27. The normalized spacial score (nSPS) is 20.0. The van der Waals surface area contributed by atoms with Crippen LogP contribution in [-0.2, 0) is 11.3 Å². The van der Waals surface area contributed by atoms with Crippen LogP contribution in [0.4, 0.5) is 0 Å². The highest BCUT2D eigenvalue weighted by molar-refractivity contribution is 5.97. The Morgan fingerprint density at radius 3 is 2.54 bits per heavy atom. The number of amides is 1. The molecule has 2 aromatic rings. The minimum atomic E-state index is -0.786. The van der Waals surface area contributed by atoms with Crippen LogP contribution in [0.5, 0.6) is 0 Å². The van der Waals surface area contributed by atoms with Crippen LogP contribution in [0.25, 0.3) is 10.9 Å². The van der Waals surface area contributed by atoms with E-state index in [2.05, 4.69) is 10.3 Å². The average Bonchev–Trinajstić information content (AvgIpc) is 2.62. The van der Waals surface area contributed by atoms with E-state index >= 15 is 0 Å². The molecule has 3 rings (SSSR count). The first kappa shape index (κ1) is 17.9. The molecule has 1 aliphatic rings. The highest BCUT2D eigenvalue weighted by Crippen LogP contribution is 2.24. The van der Waals surface area contributed by atoms with Crippen LogP contribution in [0.15, 0.2) is 27.8 Å². The molecule has 138 valence electrons. The van der Waals surface area contributed by atoms with Gasteiger partial charge in [0.15, 0.2) is 0 Å². The van der Waals surface area contributed by atoms with Gasteiger partial charge in [-0.15, -0.1) is 0 Å². The third kappa shape index (κ3) is 3.40. The van der Waals surface area contributed by atoms with E-state index in [-0.39, 0.29) is 30.0 Å². The number of H-pyrrole nitrogens is 1. The van der Waals surface area contributed by atoms with Gasteiger partial charge < -0.3 is 15.4 Å². The van der Waals surface area contributed by atoms with E-state index in [1.54, 1.807) is 13.0 Å². The molecule has 1 aliphatic carbocycles. The summed E-state index contributed by atoms with van der Waals surface area (Å²) in [5.41, 5.74) is -0.214. The molecule has 0 atom stereocenters. The van der Waals surface area contributed by atoms with Gasteiger partial charge in [0.05, 0.1) is 16.8 Å². The van der Waals surface area contributed by atoms with Crippen LogP contribution in [-0.4, -0.2) is 32.6 Å². The minimum Gasteiger partial charge on any atom is -0.481 e. The van der Waals surface area contributed by atoms with Gasteiger partial charge in [0, 0.05) is 18.2 Å². The number of carboxylic acids is 1. The lowest BCUT2D eigenvalue weighted by molar-refractivity contribution is -0.142. The van der Waals surface area contributed by atoms with Crippen molar-refractivity contribution in [2.75, 3.05) is 0 Å². The van der Waals surface area contributed by atoms with Crippen LogP contribution in [0.2, 0.25) is 0 Å². The van der Waals surface area contributed by atoms with Crippen LogP contribution in [0.3, 0.4) is 0 Å². The summed E-state index contributed by atoms with van der Waals surface area (Å²) < 4.78 is 1.10. The van der Waals surface area contributed by atoms with Gasteiger partial charge in [0.2, 0.25) is 0 Å². The number of nitrogens with zero attached hydrogens (tertiary/aromatic N) is 1. The van der Waals surface area contributed by atoms with E-state index in [0.29, 0.717) is 42.1 Å². The third-order valence-electron chi connectivity index (χ3n) is 4.97. The van der Waals surface area contributed by atoms with Crippen LogP contribution in [0.1, 0.15) is 43.0 Å². The molecule has 1 aromatic carbocycles. The standard InChI is InChI=1S/C18H21N3O5/c1-2-21-16(23)13-8-5-11(9-14(13)20-18(21)26)15(22)19-12-6-3-10(4-7-12)17(24)25/h5,8-10,12H,2-4,6-7H2,1H3,(H,19,22)(H,20,26)(H,24,25). The molecule has 0 spiro atoms. The lowest BCUT2D eigenvalue weighted by Gasteiger charge is -2.26. The van der Waals surface area contributed by atoms with Crippen molar-refractivity contribution in [2.45, 2.75) is 45.2 Å². The zero-order chi connectivity index (χ0) is 18.8. The summed E-state index contributed by atoms with van der Waals surface area (Å²) in [7, 11) is 0. The van der Waals surface area contributed by atoms with Gasteiger partial charge in [0.25, 0.3) is 11.5 Å². The molecule has 1 amide bonds. The van der Waals surface area contributed by atoms with Crippen molar-refractivity contribution >= 4 is 22.8 Å². The first-order valence-corrected chi connectivity index (χ1v) is 8.71. The number of carbonyl (C=O) groups excluding carboxylic acids is 1. The number of nitrogens with one attached hydrogen (secondary N) is 2. The molecule has 3 N–H and O–H groups in total. The molecule has 1 saturated carbocycles. The number of carboxylic acid groups (broad SMARTS) is 1. The fraction of sp³-hybridized carbons (Fsp3) is 0.444. The zero-order valence-corrected chi connectivity index (χ0v) is 14.4. The molecule has 0 radical (unpaired) electrons. The number of hydrogen-bond acceptors (Lipinski definition) is 4. The summed E-state index contributed by atoms with van der Waals surface area (Å²) in [5, 5.41) is 12.3. The van der Waals surface area contributed by atoms with Crippen molar-refractivity contribution in [1.82, 2.24) is 14.9 Å². The predicted molar refractivity (Wildman–Crippen MR) is 95.4 cm³/mol. The van der Waals surface area contributed by atoms with Gasteiger partial charge in [-0.3, -0.25) is 19.0 Å². The molecule has 0 bridgehead atoms. The van der Waals surface area contributed by atoms with Crippen molar-refractivity contribution in [3.63, 3.8) is 0 Å². The number of aromatic nitrogens is 2. The smallest absolute Gasteiger partial charge is 0.328 e. The first-order valence-electron chi connectivity index (χ1n) is 8.71. The van der Waals surface area contributed by atoms with E-state index in [4.69, 9.17) is 5.11 Å². The molecule has 8 heteroatoms. The van der Waals surface area contributed by atoms with E-state index in [1.165, 1.54) is 12.1 Å². The van der Waals surface area contributed by atoms with Crippen molar-refractivity contribution in [2.24, 2.45) is 5.92 Å². The van der Waals surface area contributed by atoms with Gasteiger partial charge in [-0.2, -0.15) is 0 Å². The molecule has 0 unspecified atom stereocenters. The number of aromatic amines is 1. The van der Waals surface area contributed by atoms with Crippen LogP contribution >= 0.6 is 0 Å². The Morgan fingerprint density at radius 1 is 1.23 bits per heavy atom. The number of hydrogen-bond donors (Lipinski definition) is 3. The maximum atomic E-state index is 12.5.